The van der Waals surface area contributed by atoms with Gasteiger partial charge in [-0.1, -0.05) is 30.3 Å². The Labute approximate surface area is 147 Å². The second kappa shape index (κ2) is 8.29. The maximum absolute atomic E-state index is 12.1. The highest BCUT2D eigenvalue weighted by Crippen LogP contribution is 2.23. The molecule has 2 aromatic rings. The van der Waals surface area contributed by atoms with Crippen molar-refractivity contribution in [3.05, 3.63) is 66.2 Å². The third kappa shape index (κ3) is 7.05. The van der Waals surface area contributed by atoms with Gasteiger partial charge in [0.2, 0.25) is 5.91 Å². The van der Waals surface area contributed by atoms with E-state index in [9.17, 15) is 18.0 Å². The summed E-state index contributed by atoms with van der Waals surface area (Å²) in [4.78, 5) is 11.8. The molecule has 4 nitrogen and oxygen atoms in total. The van der Waals surface area contributed by atoms with E-state index in [1.54, 1.807) is 6.08 Å². The molecule has 0 atom stereocenters. The van der Waals surface area contributed by atoms with Gasteiger partial charge in [-0.3, -0.25) is 10.1 Å². The van der Waals surface area contributed by atoms with Crippen molar-refractivity contribution in [3.8, 4) is 5.75 Å². The number of nitrogens with one attached hydrogen (secondary N) is 2. The number of carbonyl (C=O) groups excluding carboxylic acids is 1. The molecule has 2 N–H and O–H groups in total. The lowest BCUT2D eigenvalue weighted by atomic mass is 10.2. The fraction of sp³-hybridized carbons (Fsp3) is 0.0588. The Kier molecular flexibility index (Phi) is 6.13. The van der Waals surface area contributed by atoms with Crippen LogP contribution in [-0.4, -0.2) is 17.4 Å². The van der Waals surface area contributed by atoms with Gasteiger partial charge in [0.1, 0.15) is 5.75 Å². The van der Waals surface area contributed by atoms with Crippen LogP contribution in [0.25, 0.3) is 6.08 Å². The summed E-state index contributed by atoms with van der Waals surface area (Å²) in [5.41, 5.74) is 1.27. The fourth-order valence-electron chi connectivity index (χ4n) is 1.79. The van der Waals surface area contributed by atoms with E-state index >= 15 is 0 Å². The summed E-state index contributed by atoms with van der Waals surface area (Å²) in [6.45, 7) is 0. The standard InChI is InChI=1S/C17H13F3N2O2S/c18-17(19,20)24-14-9-7-13(8-10-14)21-16(25)22-15(23)11-6-12-4-2-1-3-5-12/h1-11H,(H2,21,22,23,25)/b11-6+. The summed E-state index contributed by atoms with van der Waals surface area (Å²) in [5, 5.41) is 5.15. The number of alkyl halides is 3. The number of ether oxygens (including phenoxy) is 1. The van der Waals surface area contributed by atoms with Gasteiger partial charge in [-0.15, -0.1) is 13.2 Å². The molecule has 25 heavy (non-hydrogen) atoms. The Morgan fingerprint density at radius 2 is 1.68 bits per heavy atom. The molecule has 0 saturated carbocycles. The van der Waals surface area contributed by atoms with Crippen molar-refractivity contribution < 1.29 is 22.7 Å². The molecule has 0 bridgehead atoms. The van der Waals surface area contributed by atoms with Crippen LogP contribution < -0.4 is 15.4 Å². The number of hydrogen-bond acceptors (Lipinski definition) is 3. The van der Waals surface area contributed by atoms with Gasteiger partial charge in [0.25, 0.3) is 0 Å². The second-order valence-corrected chi connectivity index (χ2v) is 5.17. The van der Waals surface area contributed by atoms with Crippen LogP contribution in [0.4, 0.5) is 18.9 Å². The van der Waals surface area contributed by atoms with Crippen molar-refractivity contribution in [2.24, 2.45) is 0 Å². The number of hydrogen-bond donors (Lipinski definition) is 2. The largest absolute Gasteiger partial charge is 0.573 e. The molecule has 0 fully saturated rings. The minimum atomic E-state index is -4.75. The molecule has 0 radical (unpaired) electrons. The van der Waals surface area contributed by atoms with Crippen LogP contribution in [0.2, 0.25) is 0 Å². The normalized spacial score (nSPS) is 11.2. The average molecular weight is 366 g/mol. The number of carbonyl (C=O) groups is 1. The van der Waals surface area contributed by atoms with E-state index in [0.29, 0.717) is 5.69 Å². The average Bonchev–Trinajstić information content (AvgIpc) is 2.54. The number of anilines is 1. The topological polar surface area (TPSA) is 50.4 Å². The van der Waals surface area contributed by atoms with Crippen LogP contribution in [0.15, 0.2) is 60.7 Å². The van der Waals surface area contributed by atoms with Gasteiger partial charge >= 0.3 is 6.36 Å². The molecular weight excluding hydrogens is 353 g/mol. The van der Waals surface area contributed by atoms with Crippen molar-refractivity contribution in [2.75, 3.05) is 5.32 Å². The lowest BCUT2D eigenvalue weighted by molar-refractivity contribution is -0.274. The molecule has 8 heteroatoms. The van der Waals surface area contributed by atoms with Gasteiger partial charge in [0, 0.05) is 11.8 Å². The maximum atomic E-state index is 12.1. The van der Waals surface area contributed by atoms with Crippen molar-refractivity contribution in [1.82, 2.24) is 5.32 Å². The fourth-order valence-corrected chi connectivity index (χ4v) is 2.01. The number of halogens is 3. The van der Waals surface area contributed by atoms with E-state index in [0.717, 1.165) is 17.7 Å². The lowest BCUT2D eigenvalue weighted by Gasteiger charge is -2.11. The predicted octanol–water partition coefficient (Wildman–Crippen LogP) is 4.11. The van der Waals surface area contributed by atoms with Gasteiger partial charge in [-0.05, 0) is 48.1 Å². The van der Waals surface area contributed by atoms with Crippen LogP contribution in [0.5, 0.6) is 5.75 Å². The highest BCUT2D eigenvalue weighted by atomic mass is 32.1. The van der Waals surface area contributed by atoms with Crippen molar-refractivity contribution in [3.63, 3.8) is 0 Å². The van der Waals surface area contributed by atoms with Crippen molar-refractivity contribution in [1.29, 1.82) is 0 Å². The summed E-state index contributed by atoms with van der Waals surface area (Å²) >= 11 is 4.98. The van der Waals surface area contributed by atoms with Gasteiger partial charge in [0.15, 0.2) is 5.11 Å². The Hall–Kier alpha value is -2.87. The zero-order chi connectivity index (χ0) is 18.3. The number of rotatable bonds is 4. The van der Waals surface area contributed by atoms with Crippen LogP contribution in [0.1, 0.15) is 5.56 Å². The first-order chi connectivity index (χ1) is 11.8. The van der Waals surface area contributed by atoms with Crippen LogP contribution in [0, 0.1) is 0 Å². The van der Waals surface area contributed by atoms with Gasteiger partial charge in [-0.25, -0.2) is 0 Å². The van der Waals surface area contributed by atoms with E-state index in [4.69, 9.17) is 12.2 Å². The van der Waals surface area contributed by atoms with Crippen molar-refractivity contribution in [2.45, 2.75) is 6.36 Å². The maximum Gasteiger partial charge on any atom is 0.573 e. The first kappa shape index (κ1) is 18.5. The van der Waals surface area contributed by atoms with Crippen molar-refractivity contribution >= 4 is 35.0 Å². The smallest absolute Gasteiger partial charge is 0.406 e. The Morgan fingerprint density at radius 1 is 1.04 bits per heavy atom. The summed E-state index contributed by atoms with van der Waals surface area (Å²) in [6, 6.07) is 14.2. The third-order valence-electron chi connectivity index (χ3n) is 2.81. The molecule has 0 unspecified atom stereocenters. The van der Waals surface area contributed by atoms with E-state index in [1.165, 1.54) is 18.2 Å². The minimum absolute atomic E-state index is 0.0206. The van der Waals surface area contributed by atoms with Crippen LogP contribution in [-0.2, 0) is 4.79 Å². The minimum Gasteiger partial charge on any atom is -0.406 e. The summed E-state index contributed by atoms with van der Waals surface area (Å²) < 4.78 is 40.0. The van der Waals surface area contributed by atoms with E-state index in [2.05, 4.69) is 15.4 Å². The lowest BCUT2D eigenvalue weighted by Crippen LogP contribution is -2.32. The second-order valence-electron chi connectivity index (χ2n) is 4.76. The molecular formula is C17H13F3N2O2S. The number of thiocarbonyl (C=S) groups is 1. The zero-order valence-electron chi connectivity index (χ0n) is 12.7. The van der Waals surface area contributed by atoms with Crippen LogP contribution >= 0.6 is 12.2 Å². The van der Waals surface area contributed by atoms with Gasteiger partial charge in [0.05, 0.1) is 0 Å². The van der Waals surface area contributed by atoms with E-state index in [1.807, 2.05) is 30.3 Å². The number of benzene rings is 2. The molecule has 0 aliphatic carbocycles. The SMILES string of the molecule is O=C(/C=C/c1ccccc1)NC(=S)Nc1ccc(OC(F)(F)F)cc1. The monoisotopic (exact) mass is 366 g/mol. The molecule has 1 amide bonds. The molecule has 0 saturated heterocycles. The molecule has 0 heterocycles. The molecule has 2 aromatic carbocycles. The Balaban J connectivity index is 1.85. The van der Waals surface area contributed by atoms with Crippen LogP contribution in [0.3, 0.4) is 0 Å². The Morgan fingerprint density at radius 3 is 2.28 bits per heavy atom. The third-order valence-corrected chi connectivity index (χ3v) is 3.01. The predicted molar refractivity (Wildman–Crippen MR) is 93.0 cm³/mol. The first-order valence-electron chi connectivity index (χ1n) is 7.03. The molecule has 0 aromatic heterocycles. The quantitative estimate of drug-likeness (QED) is 0.632. The van der Waals surface area contributed by atoms with E-state index < -0.39 is 12.3 Å². The zero-order valence-corrected chi connectivity index (χ0v) is 13.5. The highest BCUT2D eigenvalue weighted by molar-refractivity contribution is 7.80. The molecule has 0 aliphatic heterocycles. The Bertz CT molecular complexity index is 760. The first-order valence-corrected chi connectivity index (χ1v) is 7.43. The molecule has 2 rings (SSSR count). The van der Waals surface area contributed by atoms with Gasteiger partial charge < -0.3 is 10.1 Å². The van der Waals surface area contributed by atoms with E-state index in [-0.39, 0.29) is 10.9 Å². The summed E-state index contributed by atoms with van der Waals surface area (Å²) in [6.07, 6.45) is -1.80. The molecule has 130 valence electrons. The molecule has 0 aliphatic rings. The van der Waals surface area contributed by atoms with Gasteiger partial charge in [-0.2, -0.15) is 0 Å². The summed E-state index contributed by atoms with van der Waals surface area (Å²) in [5.74, 6) is -0.780. The molecule has 0 spiro atoms. The number of amides is 1. The highest BCUT2D eigenvalue weighted by Gasteiger charge is 2.30. The summed E-state index contributed by atoms with van der Waals surface area (Å²) in [7, 11) is 0.